The van der Waals surface area contributed by atoms with Crippen molar-refractivity contribution < 1.29 is 44.2 Å². The molecule has 2 atom stereocenters. The maximum absolute atomic E-state index is 14.5. The third kappa shape index (κ3) is 16.6. The van der Waals surface area contributed by atoms with Gasteiger partial charge in [0, 0.05) is 0 Å². The van der Waals surface area contributed by atoms with Gasteiger partial charge in [0.05, 0.1) is 12.6 Å². The van der Waals surface area contributed by atoms with Gasteiger partial charge in [-0.3, -0.25) is 0 Å². The van der Waals surface area contributed by atoms with Crippen LogP contribution in [0.1, 0.15) is 167 Å². The minimum Gasteiger partial charge on any atom is -0.444 e. The first-order valence-corrected chi connectivity index (χ1v) is 28.9. The lowest BCUT2D eigenvalue weighted by atomic mass is 10.0. The number of benzene rings is 2. The Morgan fingerprint density at radius 1 is 0.698 bits per heavy atom. The molecule has 14 heteroatoms. The first-order valence-electron chi connectivity index (χ1n) is 23.4. The monoisotopic (exact) mass is 942 g/mol. The molecule has 0 aliphatic carbocycles. The highest BCUT2D eigenvalue weighted by Crippen LogP contribution is 2.44. The molecule has 0 radical (unpaired) electrons. The zero-order valence-electron chi connectivity index (χ0n) is 40.8. The van der Waals surface area contributed by atoms with Crippen molar-refractivity contribution in [2.24, 2.45) is 0 Å². The fraction of sp³-hybridized carbons (Fsp3) is 0.694. The standard InChI is InChI=1S/C49H82F3NO7SSi2/c1-14-15-16-17-18-19-20-21-22-23-24-31-36-44(59-61(55,56)49(50,51)52)45(60-63(48(11,12)13,41-32-27-25-28-33-41)42-34-29-26-30-35-42)43(53-46(54)58-47(8,9)10)37-57-62(38(2)3,39(4)5)40(6)7/h25-30,32-36,38-40,43,45H,14-24,31,37H2,1-13H3,(H,53,54)/b44-36-/t43-,45-/m0/s1. The maximum atomic E-state index is 14.5. The molecule has 0 saturated heterocycles. The lowest BCUT2D eigenvalue weighted by molar-refractivity contribution is -0.0536. The lowest BCUT2D eigenvalue weighted by Gasteiger charge is -2.47. The van der Waals surface area contributed by atoms with E-state index in [-0.39, 0.29) is 29.7 Å². The summed E-state index contributed by atoms with van der Waals surface area (Å²) in [6.07, 6.45) is 11.0. The summed E-state index contributed by atoms with van der Waals surface area (Å²) in [6.45, 7) is 25.8. The molecule has 8 nitrogen and oxygen atoms in total. The molecule has 63 heavy (non-hydrogen) atoms. The fourth-order valence-electron chi connectivity index (χ4n) is 9.04. The van der Waals surface area contributed by atoms with E-state index in [1.807, 2.05) is 81.4 Å². The van der Waals surface area contributed by atoms with E-state index in [1.165, 1.54) is 44.6 Å². The van der Waals surface area contributed by atoms with Crippen LogP contribution < -0.4 is 15.7 Å². The number of alkyl carbamates (subject to hydrolysis) is 1. The molecule has 0 heterocycles. The number of hydrogen-bond acceptors (Lipinski definition) is 7. The molecule has 360 valence electrons. The number of hydrogen-bond donors (Lipinski definition) is 1. The van der Waals surface area contributed by atoms with Crippen molar-refractivity contribution in [1.29, 1.82) is 0 Å². The van der Waals surface area contributed by atoms with E-state index in [9.17, 15) is 26.4 Å². The molecule has 0 aromatic heterocycles. The van der Waals surface area contributed by atoms with E-state index in [4.69, 9.17) is 17.8 Å². The number of carbonyl (C=O) groups is 1. The predicted octanol–water partition coefficient (Wildman–Crippen LogP) is 13.5. The molecule has 2 aromatic carbocycles. The maximum Gasteiger partial charge on any atom is 0.534 e. The van der Waals surface area contributed by atoms with Gasteiger partial charge in [-0.05, 0) is 71.7 Å². The number of allylic oxidation sites excluding steroid dienone is 1. The largest absolute Gasteiger partial charge is 0.534 e. The van der Waals surface area contributed by atoms with Gasteiger partial charge in [-0.15, -0.1) is 0 Å². The SMILES string of the molecule is CCCCCCCCCCCCC/C=C(\OS(=O)(=O)C(F)(F)F)[C@@H](O[Si](c1ccccc1)(c1ccccc1)C(C)(C)C)[C@H](CO[Si](C(C)C)(C(C)C)C(C)C)NC(=O)OC(C)(C)C. The van der Waals surface area contributed by atoms with Crippen molar-refractivity contribution in [1.82, 2.24) is 5.32 Å². The third-order valence-corrected chi connectivity index (χ3v) is 24.0. The van der Waals surface area contributed by atoms with Crippen LogP contribution in [0, 0.1) is 0 Å². The van der Waals surface area contributed by atoms with Crippen molar-refractivity contribution in [3.8, 4) is 0 Å². The highest BCUT2D eigenvalue weighted by molar-refractivity contribution is 7.87. The number of unbranched alkanes of at least 4 members (excludes halogenated alkanes) is 11. The van der Waals surface area contributed by atoms with Crippen molar-refractivity contribution in [2.45, 2.75) is 212 Å². The van der Waals surface area contributed by atoms with Gasteiger partial charge in [0.1, 0.15) is 17.5 Å². The first-order chi connectivity index (χ1) is 29.3. The molecule has 2 aromatic rings. The minimum atomic E-state index is -6.21. The molecule has 0 bridgehead atoms. The second kappa shape index (κ2) is 25.3. The third-order valence-electron chi connectivity index (χ3n) is 11.9. The zero-order chi connectivity index (χ0) is 47.7. The first kappa shape index (κ1) is 56.5. The fourth-order valence-corrected chi connectivity index (χ4v) is 19.7. The molecule has 2 rings (SSSR count). The van der Waals surface area contributed by atoms with Crippen LogP contribution in [0.4, 0.5) is 18.0 Å². The van der Waals surface area contributed by atoms with Gasteiger partial charge < -0.3 is 23.1 Å². The molecule has 0 unspecified atom stereocenters. The summed E-state index contributed by atoms with van der Waals surface area (Å²) in [5.41, 5.74) is -6.37. The Morgan fingerprint density at radius 2 is 1.13 bits per heavy atom. The van der Waals surface area contributed by atoms with Crippen LogP contribution in [-0.2, 0) is 27.9 Å². The van der Waals surface area contributed by atoms with Crippen molar-refractivity contribution >= 4 is 43.2 Å². The number of halogens is 3. The van der Waals surface area contributed by atoms with Crippen molar-refractivity contribution in [3.63, 3.8) is 0 Å². The highest BCUT2D eigenvalue weighted by Gasteiger charge is 2.56. The molecule has 1 amide bonds. The summed E-state index contributed by atoms with van der Waals surface area (Å²) in [5, 5.41) is 3.81. The summed E-state index contributed by atoms with van der Waals surface area (Å²) in [6, 6.07) is 17.7. The Balaban J connectivity index is 2.96. The topological polar surface area (TPSA) is 100 Å². The molecule has 0 spiro atoms. The smallest absolute Gasteiger partial charge is 0.444 e. The van der Waals surface area contributed by atoms with Gasteiger partial charge in [0.15, 0.2) is 8.32 Å². The van der Waals surface area contributed by atoms with Crippen LogP contribution in [0.5, 0.6) is 0 Å². The molecule has 1 N–H and O–H groups in total. The number of nitrogens with one attached hydrogen (secondary N) is 1. The van der Waals surface area contributed by atoms with Crippen molar-refractivity contribution in [2.75, 3.05) is 6.61 Å². The average molecular weight is 942 g/mol. The molecule has 0 fully saturated rings. The highest BCUT2D eigenvalue weighted by atomic mass is 32.2. The molecule has 0 saturated carbocycles. The summed E-state index contributed by atoms with van der Waals surface area (Å²) >= 11 is 0. The number of alkyl halides is 3. The number of carbonyl (C=O) groups excluding carboxylic acids is 1. The number of ether oxygens (including phenoxy) is 1. The Bertz CT molecular complexity index is 1700. The van der Waals surface area contributed by atoms with E-state index in [2.05, 4.69) is 53.8 Å². The van der Waals surface area contributed by atoms with Gasteiger partial charge in [0.2, 0.25) is 0 Å². The van der Waals surface area contributed by atoms with Crippen LogP contribution in [0.2, 0.25) is 21.7 Å². The summed E-state index contributed by atoms with van der Waals surface area (Å²) in [7, 11) is -12.6. The Hall–Kier alpha value is -2.66. The molecular weight excluding hydrogens is 860 g/mol. The van der Waals surface area contributed by atoms with Crippen LogP contribution in [0.15, 0.2) is 72.5 Å². The summed E-state index contributed by atoms with van der Waals surface area (Å²) < 4.78 is 95.7. The van der Waals surface area contributed by atoms with Gasteiger partial charge in [-0.1, -0.05) is 194 Å². The van der Waals surface area contributed by atoms with E-state index in [0.717, 1.165) is 36.1 Å². The normalized spacial score (nSPS) is 14.6. The number of rotatable bonds is 27. The second-order valence-corrected chi connectivity index (χ2v) is 31.2. The zero-order valence-corrected chi connectivity index (χ0v) is 43.6. The Kier molecular flexibility index (Phi) is 22.7. The molecule has 0 aliphatic rings. The second-order valence-electron chi connectivity index (χ2n) is 20.0. The lowest BCUT2D eigenvalue weighted by Crippen LogP contribution is -2.69. The van der Waals surface area contributed by atoms with Gasteiger partial charge in [-0.2, -0.15) is 21.6 Å². The number of amides is 1. The summed E-state index contributed by atoms with van der Waals surface area (Å²) in [5.74, 6) is -0.553. The van der Waals surface area contributed by atoms with Crippen LogP contribution in [-0.4, -0.2) is 61.0 Å². The predicted molar refractivity (Wildman–Crippen MR) is 258 cm³/mol. The van der Waals surface area contributed by atoms with Gasteiger partial charge >= 0.3 is 21.7 Å². The van der Waals surface area contributed by atoms with E-state index in [0.29, 0.717) is 6.42 Å². The van der Waals surface area contributed by atoms with Crippen molar-refractivity contribution in [3.05, 3.63) is 72.5 Å². The van der Waals surface area contributed by atoms with Crippen LogP contribution in [0.25, 0.3) is 0 Å². The van der Waals surface area contributed by atoms with Gasteiger partial charge in [-0.25, -0.2) is 4.79 Å². The summed E-state index contributed by atoms with van der Waals surface area (Å²) in [4.78, 5) is 14.0. The Morgan fingerprint density at radius 3 is 1.51 bits per heavy atom. The van der Waals surface area contributed by atoms with Crippen LogP contribution >= 0.6 is 0 Å². The average Bonchev–Trinajstić information content (AvgIpc) is 3.17. The Labute approximate surface area is 382 Å². The minimum absolute atomic E-state index is 0.105. The van der Waals surface area contributed by atoms with E-state index in [1.54, 1.807) is 20.8 Å². The molecule has 0 aliphatic heterocycles. The van der Waals surface area contributed by atoms with Crippen LogP contribution in [0.3, 0.4) is 0 Å². The van der Waals surface area contributed by atoms with Gasteiger partial charge in [0.25, 0.3) is 8.32 Å². The van der Waals surface area contributed by atoms with E-state index < -0.39 is 66.9 Å². The van der Waals surface area contributed by atoms with E-state index >= 15 is 0 Å². The quantitative estimate of drug-likeness (QED) is 0.0313. The molecular formula is C49H82F3NO7SSi2.